The molecule has 0 spiro atoms. The van der Waals surface area contributed by atoms with Crippen molar-refractivity contribution in [2.45, 2.75) is 19.4 Å². The average Bonchev–Trinajstić information content (AvgIpc) is 3.14. The Hall–Kier alpha value is -3.22. The van der Waals surface area contributed by atoms with Crippen molar-refractivity contribution in [3.63, 3.8) is 0 Å². The summed E-state index contributed by atoms with van der Waals surface area (Å²) in [7, 11) is 4.81. The molecular weight excluding hydrogens is 384 g/mol. The van der Waals surface area contributed by atoms with Gasteiger partial charge in [0, 0.05) is 26.1 Å². The molecule has 1 saturated heterocycles. The van der Waals surface area contributed by atoms with Crippen molar-refractivity contribution in [1.29, 1.82) is 0 Å². The van der Waals surface area contributed by atoms with E-state index in [4.69, 9.17) is 14.2 Å². The van der Waals surface area contributed by atoms with E-state index in [1.165, 1.54) is 0 Å². The summed E-state index contributed by atoms with van der Waals surface area (Å²) in [5.41, 5.74) is 2.05. The van der Waals surface area contributed by atoms with Crippen molar-refractivity contribution in [3.8, 4) is 17.2 Å². The summed E-state index contributed by atoms with van der Waals surface area (Å²) < 4.78 is 15.7. The van der Waals surface area contributed by atoms with E-state index in [1.807, 2.05) is 42.5 Å². The maximum atomic E-state index is 12.5. The molecule has 1 aliphatic heterocycles. The van der Waals surface area contributed by atoms with Gasteiger partial charge in [-0.15, -0.1) is 0 Å². The Kier molecular flexibility index (Phi) is 7.17. The van der Waals surface area contributed by atoms with Crippen molar-refractivity contribution < 1.29 is 23.8 Å². The van der Waals surface area contributed by atoms with E-state index in [9.17, 15) is 9.59 Å². The van der Waals surface area contributed by atoms with Crippen molar-refractivity contribution in [2.24, 2.45) is 5.92 Å². The zero-order valence-corrected chi connectivity index (χ0v) is 17.6. The summed E-state index contributed by atoms with van der Waals surface area (Å²) in [5, 5.41) is 2.95. The first-order valence-electron chi connectivity index (χ1n) is 9.93. The summed E-state index contributed by atoms with van der Waals surface area (Å²) in [4.78, 5) is 26.6. The summed E-state index contributed by atoms with van der Waals surface area (Å²) in [6.07, 6.45) is 0.917. The van der Waals surface area contributed by atoms with Crippen LogP contribution in [0, 0.1) is 5.92 Å². The lowest BCUT2D eigenvalue weighted by atomic mass is 10.1. The van der Waals surface area contributed by atoms with Crippen LogP contribution in [0.2, 0.25) is 0 Å². The number of nitrogens with zero attached hydrogens (tertiary/aromatic N) is 1. The van der Waals surface area contributed by atoms with Gasteiger partial charge in [-0.1, -0.05) is 18.2 Å². The van der Waals surface area contributed by atoms with E-state index in [0.717, 1.165) is 16.9 Å². The fourth-order valence-corrected chi connectivity index (χ4v) is 3.56. The second kappa shape index (κ2) is 10.0. The van der Waals surface area contributed by atoms with Gasteiger partial charge in [0.1, 0.15) is 5.75 Å². The Labute approximate surface area is 176 Å². The first-order chi connectivity index (χ1) is 14.5. The Morgan fingerprint density at radius 2 is 1.70 bits per heavy atom. The molecule has 2 aromatic rings. The number of ether oxygens (including phenoxy) is 3. The van der Waals surface area contributed by atoms with Crippen molar-refractivity contribution in [3.05, 3.63) is 53.6 Å². The zero-order valence-electron chi connectivity index (χ0n) is 17.6. The number of likely N-dealkylation sites (tertiary alicyclic amines) is 1. The molecule has 30 heavy (non-hydrogen) atoms. The second-order valence-electron chi connectivity index (χ2n) is 7.25. The molecule has 1 heterocycles. The Morgan fingerprint density at radius 1 is 1.00 bits per heavy atom. The van der Waals surface area contributed by atoms with E-state index >= 15 is 0 Å². The number of rotatable bonds is 9. The van der Waals surface area contributed by atoms with Crippen LogP contribution in [0.5, 0.6) is 17.2 Å². The number of carbonyl (C=O) groups excluding carboxylic acids is 2. The second-order valence-corrected chi connectivity index (χ2v) is 7.25. The van der Waals surface area contributed by atoms with Crippen LogP contribution in [0.25, 0.3) is 0 Å². The van der Waals surface area contributed by atoms with Gasteiger partial charge in [0.15, 0.2) is 11.5 Å². The summed E-state index contributed by atoms with van der Waals surface area (Å²) in [6.45, 7) is 1.43. The minimum absolute atomic E-state index is 0.00542. The van der Waals surface area contributed by atoms with Gasteiger partial charge in [-0.05, 0) is 41.8 Å². The number of nitrogens with one attached hydrogen (secondary N) is 1. The van der Waals surface area contributed by atoms with Gasteiger partial charge in [0.2, 0.25) is 11.8 Å². The maximum Gasteiger partial charge on any atom is 0.225 e. The smallest absolute Gasteiger partial charge is 0.225 e. The molecule has 3 rings (SSSR count). The molecule has 1 N–H and O–H groups in total. The monoisotopic (exact) mass is 412 g/mol. The Balaban J connectivity index is 1.48. The van der Waals surface area contributed by atoms with Crippen LogP contribution >= 0.6 is 0 Å². The predicted molar refractivity (Wildman–Crippen MR) is 113 cm³/mol. The van der Waals surface area contributed by atoms with Crippen LogP contribution in [-0.4, -0.2) is 51.1 Å². The van der Waals surface area contributed by atoms with Gasteiger partial charge < -0.3 is 24.4 Å². The van der Waals surface area contributed by atoms with E-state index in [0.29, 0.717) is 37.6 Å². The van der Waals surface area contributed by atoms with Crippen LogP contribution in [0.3, 0.4) is 0 Å². The lowest BCUT2D eigenvalue weighted by molar-refractivity contribution is -0.129. The lowest BCUT2D eigenvalue weighted by Gasteiger charge is -2.17. The fourth-order valence-electron chi connectivity index (χ4n) is 3.56. The van der Waals surface area contributed by atoms with Gasteiger partial charge in [0.25, 0.3) is 0 Å². The van der Waals surface area contributed by atoms with Gasteiger partial charge in [-0.3, -0.25) is 9.59 Å². The third-order valence-corrected chi connectivity index (χ3v) is 5.28. The molecule has 0 unspecified atom stereocenters. The van der Waals surface area contributed by atoms with Gasteiger partial charge in [-0.25, -0.2) is 0 Å². The number of methoxy groups -OCH3 is 3. The molecule has 0 aliphatic carbocycles. The van der Waals surface area contributed by atoms with Gasteiger partial charge in [-0.2, -0.15) is 0 Å². The minimum atomic E-state index is -0.318. The fraction of sp³-hybridized carbons (Fsp3) is 0.391. The molecule has 0 aromatic heterocycles. The topological polar surface area (TPSA) is 77.1 Å². The molecule has 1 fully saturated rings. The SMILES string of the molecule is COc1ccc(CN2C[C@@H](C(=O)NCCc3ccc(OC)c(OC)c3)CC2=O)cc1. The van der Waals surface area contributed by atoms with E-state index < -0.39 is 0 Å². The quantitative estimate of drug-likeness (QED) is 0.685. The van der Waals surface area contributed by atoms with E-state index in [1.54, 1.807) is 26.2 Å². The molecule has 2 amide bonds. The Bertz CT molecular complexity index is 882. The molecule has 1 atom stereocenters. The molecule has 160 valence electrons. The number of amides is 2. The average molecular weight is 412 g/mol. The van der Waals surface area contributed by atoms with Crippen molar-refractivity contribution in [2.75, 3.05) is 34.4 Å². The highest BCUT2D eigenvalue weighted by atomic mass is 16.5. The summed E-state index contributed by atoms with van der Waals surface area (Å²) >= 11 is 0. The van der Waals surface area contributed by atoms with E-state index in [2.05, 4.69) is 5.32 Å². The highest BCUT2D eigenvalue weighted by Gasteiger charge is 2.34. The zero-order chi connectivity index (χ0) is 21.5. The number of hydrogen-bond acceptors (Lipinski definition) is 5. The molecule has 0 bridgehead atoms. The molecule has 1 aliphatic rings. The lowest BCUT2D eigenvalue weighted by Crippen LogP contribution is -2.34. The van der Waals surface area contributed by atoms with Crippen molar-refractivity contribution in [1.82, 2.24) is 10.2 Å². The summed E-state index contributed by atoms with van der Waals surface area (Å²) in [5.74, 6) is 1.72. The van der Waals surface area contributed by atoms with Crippen LogP contribution in [-0.2, 0) is 22.6 Å². The minimum Gasteiger partial charge on any atom is -0.497 e. The third kappa shape index (κ3) is 5.23. The van der Waals surface area contributed by atoms with Crippen LogP contribution in [0.15, 0.2) is 42.5 Å². The highest BCUT2D eigenvalue weighted by Crippen LogP contribution is 2.27. The highest BCUT2D eigenvalue weighted by molar-refractivity contribution is 5.89. The van der Waals surface area contributed by atoms with Gasteiger partial charge >= 0.3 is 0 Å². The molecule has 7 nitrogen and oxygen atoms in total. The normalized spacial score (nSPS) is 15.8. The molecule has 0 radical (unpaired) electrons. The number of hydrogen-bond donors (Lipinski definition) is 1. The largest absolute Gasteiger partial charge is 0.497 e. The molecule has 7 heteroatoms. The van der Waals surface area contributed by atoms with E-state index in [-0.39, 0.29) is 24.2 Å². The maximum absolute atomic E-state index is 12.5. The number of carbonyl (C=O) groups is 2. The van der Waals surface area contributed by atoms with Crippen LogP contribution < -0.4 is 19.5 Å². The standard InChI is InChI=1S/C23H28N2O5/c1-28-19-7-4-17(5-8-19)14-25-15-18(13-22(25)26)23(27)24-11-10-16-6-9-20(29-2)21(12-16)30-3/h4-9,12,18H,10-11,13-15H2,1-3H3,(H,24,27)/t18-/m0/s1. The molecule has 2 aromatic carbocycles. The van der Waals surface area contributed by atoms with Crippen LogP contribution in [0.4, 0.5) is 0 Å². The first-order valence-corrected chi connectivity index (χ1v) is 9.93. The van der Waals surface area contributed by atoms with Crippen LogP contribution in [0.1, 0.15) is 17.5 Å². The van der Waals surface area contributed by atoms with Crippen molar-refractivity contribution >= 4 is 11.8 Å². The predicted octanol–water partition coefficient (Wildman–Crippen LogP) is 2.42. The first kappa shape index (κ1) is 21.5. The molecular formula is C23H28N2O5. The Morgan fingerprint density at radius 3 is 2.37 bits per heavy atom. The third-order valence-electron chi connectivity index (χ3n) is 5.28. The van der Waals surface area contributed by atoms with Gasteiger partial charge in [0.05, 0.1) is 27.2 Å². The molecule has 0 saturated carbocycles. The number of benzene rings is 2. The summed E-state index contributed by atoms with van der Waals surface area (Å²) in [6, 6.07) is 13.3.